The second kappa shape index (κ2) is 5.47. The van der Waals surface area contributed by atoms with E-state index in [2.05, 4.69) is 15.6 Å². The molecule has 0 spiro atoms. The lowest BCUT2D eigenvalue weighted by Crippen LogP contribution is -2.19. The molecule has 0 atom stereocenters. The first-order valence-electron chi connectivity index (χ1n) is 5.96. The Kier molecular flexibility index (Phi) is 3.74. The van der Waals surface area contributed by atoms with E-state index >= 15 is 0 Å². The molecule has 2 heterocycles. The molecular formula is C12H15N5O3. The molecule has 0 aromatic carbocycles. The quantitative estimate of drug-likeness (QED) is 0.332. The number of anilines is 1. The van der Waals surface area contributed by atoms with Crippen molar-refractivity contribution in [3.8, 4) is 0 Å². The highest BCUT2D eigenvalue weighted by Crippen LogP contribution is 2.16. The van der Waals surface area contributed by atoms with E-state index in [0.717, 1.165) is 5.76 Å². The van der Waals surface area contributed by atoms with Crippen molar-refractivity contribution in [2.24, 2.45) is 17.9 Å². The van der Waals surface area contributed by atoms with E-state index in [1.54, 1.807) is 19.2 Å². The summed E-state index contributed by atoms with van der Waals surface area (Å²) >= 11 is 0. The highest BCUT2D eigenvalue weighted by atomic mass is 16.4. The SMILES string of the molecule is CCc1ccc(C(=O)Nc2c(C(N)=NO)cnn2C)o1. The molecule has 0 radical (unpaired) electrons. The molecular weight excluding hydrogens is 262 g/mol. The number of amidine groups is 1. The third kappa shape index (κ3) is 2.48. The highest BCUT2D eigenvalue weighted by molar-refractivity contribution is 6.08. The Labute approximate surface area is 114 Å². The molecule has 0 bridgehead atoms. The van der Waals surface area contributed by atoms with E-state index in [1.807, 2.05) is 6.92 Å². The van der Waals surface area contributed by atoms with Crippen LogP contribution in [0.5, 0.6) is 0 Å². The van der Waals surface area contributed by atoms with Crippen molar-refractivity contribution < 1.29 is 14.4 Å². The molecule has 2 rings (SSSR count). The van der Waals surface area contributed by atoms with Gasteiger partial charge in [-0.15, -0.1) is 0 Å². The summed E-state index contributed by atoms with van der Waals surface area (Å²) in [7, 11) is 1.63. The molecule has 8 heteroatoms. The fourth-order valence-electron chi connectivity index (χ4n) is 1.69. The number of aromatic nitrogens is 2. The van der Waals surface area contributed by atoms with E-state index < -0.39 is 5.91 Å². The van der Waals surface area contributed by atoms with Crippen molar-refractivity contribution in [2.45, 2.75) is 13.3 Å². The number of nitrogens with one attached hydrogen (secondary N) is 1. The summed E-state index contributed by atoms with van der Waals surface area (Å²) in [6, 6.07) is 3.33. The number of aryl methyl sites for hydroxylation is 2. The number of oxime groups is 1. The molecule has 0 saturated heterocycles. The van der Waals surface area contributed by atoms with Gasteiger partial charge in [-0.25, -0.2) is 0 Å². The lowest BCUT2D eigenvalue weighted by atomic mass is 10.3. The Morgan fingerprint density at radius 3 is 2.95 bits per heavy atom. The molecule has 8 nitrogen and oxygen atoms in total. The van der Waals surface area contributed by atoms with Crippen LogP contribution in [0.25, 0.3) is 0 Å². The van der Waals surface area contributed by atoms with Gasteiger partial charge >= 0.3 is 0 Å². The molecule has 0 aliphatic rings. The number of nitrogens with two attached hydrogens (primary N) is 1. The third-order valence-corrected chi connectivity index (χ3v) is 2.79. The average molecular weight is 277 g/mol. The van der Waals surface area contributed by atoms with Crippen LogP contribution in [0, 0.1) is 0 Å². The molecule has 20 heavy (non-hydrogen) atoms. The summed E-state index contributed by atoms with van der Waals surface area (Å²) in [6.07, 6.45) is 2.10. The second-order valence-electron chi connectivity index (χ2n) is 4.09. The van der Waals surface area contributed by atoms with Gasteiger partial charge in [-0.3, -0.25) is 9.48 Å². The molecule has 1 amide bonds. The normalized spacial score (nSPS) is 11.6. The van der Waals surface area contributed by atoms with Crippen molar-refractivity contribution >= 4 is 17.6 Å². The van der Waals surface area contributed by atoms with Gasteiger partial charge in [0.1, 0.15) is 11.6 Å². The van der Waals surface area contributed by atoms with Gasteiger partial charge in [0, 0.05) is 13.5 Å². The lowest BCUT2D eigenvalue weighted by molar-refractivity contribution is 0.0994. The van der Waals surface area contributed by atoms with Crippen molar-refractivity contribution in [3.05, 3.63) is 35.4 Å². The van der Waals surface area contributed by atoms with Crippen molar-refractivity contribution in [1.29, 1.82) is 0 Å². The standard InChI is InChI=1S/C12H15N5O3/c1-3-7-4-5-9(20-7)12(18)15-11-8(10(13)16-19)6-14-17(11)2/h4-6,19H,3H2,1-2H3,(H2,13,16)(H,15,18). The fourth-order valence-corrected chi connectivity index (χ4v) is 1.69. The number of amides is 1. The van der Waals surface area contributed by atoms with E-state index in [0.29, 0.717) is 17.8 Å². The minimum absolute atomic E-state index is 0.137. The van der Waals surface area contributed by atoms with Gasteiger partial charge < -0.3 is 20.7 Å². The zero-order chi connectivity index (χ0) is 14.7. The van der Waals surface area contributed by atoms with Crippen LogP contribution in [-0.4, -0.2) is 26.7 Å². The maximum Gasteiger partial charge on any atom is 0.292 e. The molecule has 106 valence electrons. The predicted octanol–water partition coefficient (Wildman–Crippen LogP) is 0.922. The number of hydrogen-bond donors (Lipinski definition) is 3. The zero-order valence-corrected chi connectivity index (χ0v) is 11.1. The number of carbonyl (C=O) groups excluding carboxylic acids is 1. The van der Waals surface area contributed by atoms with Gasteiger partial charge in [0.2, 0.25) is 0 Å². The van der Waals surface area contributed by atoms with Gasteiger partial charge in [0.05, 0.1) is 11.8 Å². The Hall–Kier alpha value is -2.77. The van der Waals surface area contributed by atoms with Crippen LogP contribution in [0.3, 0.4) is 0 Å². The van der Waals surface area contributed by atoms with Gasteiger partial charge in [-0.2, -0.15) is 5.10 Å². The summed E-state index contributed by atoms with van der Waals surface area (Å²) in [5.41, 5.74) is 5.85. The Bertz CT molecular complexity index is 656. The smallest absolute Gasteiger partial charge is 0.292 e. The Morgan fingerprint density at radius 1 is 1.60 bits per heavy atom. The van der Waals surface area contributed by atoms with Gasteiger partial charge in [0.25, 0.3) is 5.91 Å². The largest absolute Gasteiger partial charge is 0.456 e. The number of rotatable bonds is 4. The van der Waals surface area contributed by atoms with Gasteiger partial charge in [0.15, 0.2) is 11.6 Å². The van der Waals surface area contributed by atoms with E-state index in [4.69, 9.17) is 15.4 Å². The first kappa shape index (κ1) is 13.7. The summed E-state index contributed by atoms with van der Waals surface area (Å²) in [5.74, 6) is 0.660. The molecule has 0 aliphatic carbocycles. The maximum absolute atomic E-state index is 12.1. The topological polar surface area (TPSA) is 119 Å². The zero-order valence-electron chi connectivity index (χ0n) is 11.1. The number of nitrogens with zero attached hydrogens (tertiary/aromatic N) is 3. The second-order valence-corrected chi connectivity index (χ2v) is 4.09. The Morgan fingerprint density at radius 2 is 2.35 bits per heavy atom. The number of hydrogen-bond acceptors (Lipinski definition) is 5. The van der Waals surface area contributed by atoms with E-state index in [-0.39, 0.29) is 11.6 Å². The average Bonchev–Trinajstić information content (AvgIpc) is 3.06. The summed E-state index contributed by atoms with van der Waals surface area (Å²) in [4.78, 5) is 12.1. The van der Waals surface area contributed by atoms with E-state index in [9.17, 15) is 4.79 Å². The fraction of sp³-hybridized carbons (Fsp3) is 0.250. The van der Waals surface area contributed by atoms with Crippen molar-refractivity contribution in [3.63, 3.8) is 0 Å². The molecule has 4 N–H and O–H groups in total. The monoisotopic (exact) mass is 277 g/mol. The third-order valence-electron chi connectivity index (χ3n) is 2.79. The Balaban J connectivity index is 2.26. The summed E-state index contributed by atoms with van der Waals surface area (Å²) in [6.45, 7) is 1.93. The van der Waals surface area contributed by atoms with Crippen LogP contribution in [0.2, 0.25) is 0 Å². The van der Waals surface area contributed by atoms with Crippen LogP contribution in [0.4, 0.5) is 5.82 Å². The minimum atomic E-state index is -0.430. The highest BCUT2D eigenvalue weighted by Gasteiger charge is 2.18. The molecule has 0 aliphatic heterocycles. The molecule has 2 aromatic rings. The lowest BCUT2D eigenvalue weighted by Gasteiger charge is -2.06. The van der Waals surface area contributed by atoms with Gasteiger partial charge in [-0.1, -0.05) is 12.1 Å². The molecule has 2 aromatic heterocycles. The predicted molar refractivity (Wildman–Crippen MR) is 71.8 cm³/mol. The van der Waals surface area contributed by atoms with Crippen LogP contribution in [0.1, 0.15) is 28.8 Å². The first-order valence-corrected chi connectivity index (χ1v) is 5.96. The van der Waals surface area contributed by atoms with Crippen molar-refractivity contribution in [1.82, 2.24) is 9.78 Å². The molecule has 0 unspecified atom stereocenters. The molecule has 0 saturated carbocycles. The van der Waals surface area contributed by atoms with Gasteiger partial charge in [-0.05, 0) is 12.1 Å². The van der Waals surface area contributed by atoms with Crippen LogP contribution >= 0.6 is 0 Å². The van der Waals surface area contributed by atoms with Crippen LogP contribution in [-0.2, 0) is 13.5 Å². The maximum atomic E-state index is 12.1. The van der Waals surface area contributed by atoms with Crippen LogP contribution in [0.15, 0.2) is 27.9 Å². The van der Waals surface area contributed by atoms with Crippen LogP contribution < -0.4 is 11.1 Å². The number of furan rings is 1. The van der Waals surface area contributed by atoms with E-state index in [1.165, 1.54) is 10.9 Å². The summed E-state index contributed by atoms with van der Waals surface area (Å²) in [5, 5.41) is 18.2. The number of carbonyl (C=O) groups is 1. The minimum Gasteiger partial charge on any atom is -0.456 e. The summed E-state index contributed by atoms with van der Waals surface area (Å²) < 4.78 is 6.77. The molecule has 0 fully saturated rings. The first-order chi connectivity index (χ1) is 9.56. The van der Waals surface area contributed by atoms with Crippen molar-refractivity contribution in [2.75, 3.05) is 5.32 Å².